The van der Waals surface area contributed by atoms with Gasteiger partial charge in [0.25, 0.3) is 0 Å². The Labute approximate surface area is 88.5 Å². The molecule has 1 aromatic rings. The molecule has 1 fully saturated rings. The van der Waals surface area contributed by atoms with Gasteiger partial charge in [0.15, 0.2) is 0 Å². The molecule has 14 heavy (non-hydrogen) atoms. The molecule has 1 saturated heterocycles. The van der Waals surface area contributed by atoms with Gasteiger partial charge in [-0.2, -0.15) is 0 Å². The monoisotopic (exact) mass is 206 g/mol. The first-order valence-corrected chi connectivity index (χ1v) is 5.97. The molecule has 0 bridgehead atoms. The minimum absolute atomic E-state index is 0.287. The summed E-state index contributed by atoms with van der Waals surface area (Å²) in [5, 5.41) is 7.08. The van der Waals surface area contributed by atoms with E-state index in [0.717, 1.165) is 13.1 Å². The lowest BCUT2D eigenvalue weighted by Crippen LogP contribution is -2.42. The van der Waals surface area contributed by atoms with Crippen molar-refractivity contribution in [3.63, 3.8) is 0 Å². The van der Waals surface area contributed by atoms with Crippen LogP contribution in [0.4, 0.5) is 5.69 Å². The predicted octanol–water partition coefficient (Wildman–Crippen LogP) is 2.28. The van der Waals surface area contributed by atoms with E-state index >= 15 is 0 Å². The highest BCUT2D eigenvalue weighted by Gasteiger charge is 2.38. The molecule has 0 radical (unpaired) electrons. The zero-order chi connectivity index (χ0) is 9.43. The molecule has 0 atom stereocenters. The van der Waals surface area contributed by atoms with Crippen molar-refractivity contribution in [1.29, 1.82) is 0 Å². The number of para-hydroxylation sites is 1. The van der Waals surface area contributed by atoms with Crippen LogP contribution >= 0.6 is 11.8 Å². The molecular weight excluding hydrogens is 192 g/mol. The molecule has 0 amide bonds. The standard InChI is InChI=1S/C11H14N2S/c1-2-4-10-9(3-1)13-11(14-10)5-7-12-8-6-11/h1-4,12-13H,5-8H2. The Morgan fingerprint density at radius 3 is 2.71 bits per heavy atom. The van der Waals surface area contributed by atoms with Gasteiger partial charge in [0.05, 0.1) is 4.87 Å². The first-order valence-electron chi connectivity index (χ1n) is 5.15. The predicted molar refractivity (Wildman–Crippen MR) is 60.8 cm³/mol. The lowest BCUT2D eigenvalue weighted by Gasteiger charge is -2.33. The zero-order valence-corrected chi connectivity index (χ0v) is 8.86. The van der Waals surface area contributed by atoms with Gasteiger partial charge in [-0.15, -0.1) is 0 Å². The van der Waals surface area contributed by atoms with Gasteiger partial charge in [-0.25, -0.2) is 0 Å². The molecule has 1 spiro atoms. The molecule has 2 aliphatic rings. The molecule has 3 rings (SSSR count). The van der Waals surface area contributed by atoms with E-state index in [1.54, 1.807) is 0 Å². The third kappa shape index (κ3) is 1.31. The van der Waals surface area contributed by atoms with Crippen LogP contribution in [0, 0.1) is 0 Å². The van der Waals surface area contributed by atoms with Crippen LogP contribution in [0.25, 0.3) is 0 Å². The topological polar surface area (TPSA) is 24.1 Å². The molecule has 0 saturated carbocycles. The first kappa shape index (κ1) is 8.62. The second-order valence-electron chi connectivity index (χ2n) is 3.97. The van der Waals surface area contributed by atoms with E-state index in [2.05, 4.69) is 34.9 Å². The summed E-state index contributed by atoms with van der Waals surface area (Å²) in [4.78, 5) is 1.70. The maximum atomic E-state index is 3.67. The van der Waals surface area contributed by atoms with Crippen LogP contribution in [0.5, 0.6) is 0 Å². The average Bonchev–Trinajstić information content (AvgIpc) is 2.56. The maximum Gasteiger partial charge on any atom is 0.0905 e. The Kier molecular flexibility index (Phi) is 1.96. The fourth-order valence-electron chi connectivity index (χ4n) is 2.20. The minimum atomic E-state index is 0.287. The maximum absolute atomic E-state index is 3.67. The zero-order valence-electron chi connectivity index (χ0n) is 8.05. The van der Waals surface area contributed by atoms with E-state index in [0.29, 0.717) is 0 Å². The average molecular weight is 206 g/mol. The Morgan fingerprint density at radius 2 is 1.93 bits per heavy atom. The number of anilines is 1. The van der Waals surface area contributed by atoms with Gasteiger partial charge in [0, 0.05) is 10.6 Å². The number of rotatable bonds is 0. The van der Waals surface area contributed by atoms with E-state index in [1.165, 1.54) is 23.4 Å². The van der Waals surface area contributed by atoms with E-state index < -0.39 is 0 Å². The third-order valence-electron chi connectivity index (χ3n) is 2.97. The van der Waals surface area contributed by atoms with Crippen LogP contribution in [0.1, 0.15) is 12.8 Å². The summed E-state index contributed by atoms with van der Waals surface area (Å²) in [6.45, 7) is 2.27. The van der Waals surface area contributed by atoms with Gasteiger partial charge in [0.1, 0.15) is 0 Å². The molecule has 2 heterocycles. The van der Waals surface area contributed by atoms with Crippen LogP contribution < -0.4 is 10.6 Å². The minimum Gasteiger partial charge on any atom is -0.369 e. The SMILES string of the molecule is c1ccc2c(c1)NC1(CCNCC1)S2. The number of hydrogen-bond donors (Lipinski definition) is 2. The number of fused-ring (bicyclic) bond motifs is 1. The summed E-state index contributed by atoms with van der Waals surface area (Å²) >= 11 is 2.01. The number of hydrogen-bond acceptors (Lipinski definition) is 3. The molecule has 0 aromatic heterocycles. The summed E-state index contributed by atoms with van der Waals surface area (Å²) in [5.74, 6) is 0. The van der Waals surface area contributed by atoms with Crippen LogP contribution in [0.15, 0.2) is 29.2 Å². The summed E-state index contributed by atoms with van der Waals surface area (Å²) < 4.78 is 0. The van der Waals surface area contributed by atoms with Gasteiger partial charge in [-0.3, -0.25) is 0 Å². The molecule has 2 aliphatic heterocycles. The van der Waals surface area contributed by atoms with Crippen molar-refractivity contribution < 1.29 is 0 Å². The van der Waals surface area contributed by atoms with Crippen LogP contribution in [0.3, 0.4) is 0 Å². The quantitative estimate of drug-likeness (QED) is 0.681. The summed E-state index contributed by atoms with van der Waals surface area (Å²) in [6.07, 6.45) is 2.43. The van der Waals surface area contributed by atoms with E-state index in [-0.39, 0.29) is 4.87 Å². The number of benzene rings is 1. The molecular formula is C11H14N2S. The van der Waals surface area contributed by atoms with Crippen LogP contribution in [-0.2, 0) is 0 Å². The van der Waals surface area contributed by atoms with Crippen molar-refractivity contribution in [3.05, 3.63) is 24.3 Å². The van der Waals surface area contributed by atoms with Gasteiger partial charge in [0.2, 0.25) is 0 Å². The van der Waals surface area contributed by atoms with Crippen LogP contribution in [0.2, 0.25) is 0 Å². The third-order valence-corrected chi connectivity index (χ3v) is 4.44. The highest BCUT2D eigenvalue weighted by Crippen LogP contribution is 2.49. The van der Waals surface area contributed by atoms with Crippen molar-refractivity contribution in [2.45, 2.75) is 22.6 Å². The summed E-state index contributed by atoms with van der Waals surface area (Å²) in [6, 6.07) is 8.61. The normalized spacial score (nSPS) is 23.1. The Bertz CT molecular complexity index is 318. The number of thioether (sulfide) groups is 1. The second-order valence-corrected chi connectivity index (χ2v) is 5.39. The Balaban J connectivity index is 1.89. The van der Waals surface area contributed by atoms with Crippen molar-refractivity contribution >= 4 is 17.4 Å². The van der Waals surface area contributed by atoms with Gasteiger partial charge in [-0.05, 0) is 38.1 Å². The van der Waals surface area contributed by atoms with E-state index in [4.69, 9.17) is 0 Å². The molecule has 2 N–H and O–H groups in total. The molecule has 74 valence electrons. The van der Waals surface area contributed by atoms with E-state index in [1.807, 2.05) is 11.8 Å². The van der Waals surface area contributed by atoms with Crippen molar-refractivity contribution in [2.75, 3.05) is 18.4 Å². The fourth-order valence-corrected chi connectivity index (χ4v) is 3.56. The summed E-state index contributed by atoms with van der Waals surface area (Å²) in [7, 11) is 0. The number of nitrogens with one attached hydrogen (secondary N) is 2. The fraction of sp³-hybridized carbons (Fsp3) is 0.455. The lowest BCUT2D eigenvalue weighted by molar-refractivity contribution is 0.451. The number of piperidine rings is 1. The lowest BCUT2D eigenvalue weighted by atomic mass is 10.1. The Morgan fingerprint density at radius 1 is 1.14 bits per heavy atom. The molecule has 3 heteroatoms. The highest BCUT2D eigenvalue weighted by molar-refractivity contribution is 8.01. The Hall–Kier alpha value is -0.670. The molecule has 2 nitrogen and oxygen atoms in total. The van der Waals surface area contributed by atoms with Gasteiger partial charge in [-0.1, -0.05) is 23.9 Å². The molecule has 1 aromatic carbocycles. The van der Waals surface area contributed by atoms with Crippen molar-refractivity contribution in [3.8, 4) is 0 Å². The second kappa shape index (κ2) is 3.17. The first-order chi connectivity index (χ1) is 6.88. The van der Waals surface area contributed by atoms with Crippen molar-refractivity contribution in [2.24, 2.45) is 0 Å². The molecule has 0 aliphatic carbocycles. The van der Waals surface area contributed by atoms with Gasteiger partial charge >= 0.3 is 0 Å². The van der Waals surface area contributed by atoms with E-state index in [9.17, 15) is 0 Å². The molecule has 0 unspecified atom stereocenters. The van der Waals surface area contributed by atoms with Crippen LogP contribution in [-0.4, -0.2) is 18.0 Å². The van der Waals surface area contributed by atoms with Crippen molar-refractivity contribution in [1.82, 2.24) is 5.32 Å². The van der Waals surface area contributed by atoms with Gasteiger partial charge < -0.3 is 10.6 Å². The summed E-state index contributed by atoms with van der Waals surface area (Å²) in [5.41, 5.74) is 1.32. The smallest absolute Gasteiger partial charge is 0.0905 e. The largest absolute Gasteiger partial charge is 0.369 e. The highest BCUT2D eigenvalue weighted by atomic mass is 32.2.